The molecule has 0 amide bonds. The minimum Gasteiger partial charge on any atom is -0.436 e. The molecule has 0 spiro atoms. The van der Waals surface area contributed by atoms with E-state index >= 15 is 0 Å². The van der Waals surface area contributed by atoms with Crippen LogP contribution in [-0.2, 0) is 11.3 Å². The first-order valence-electron chi connectivity index (χ1n) is 7.69. The number of allylic oxidation sites excluding steroid dienone is 1. The average molecular weight is 317 g/mol. The van der Waals surface area contributed by atoms with E-state index in [4.69, 9.17) is 4.42 Å². The fourth-order valence-corrected chi connectivity index (χ4v) is 2.85. The molecule has 0 unspecified atom stereocenters. The van der Waals surface area contributed by atoms with Gasteiger partial charge in [-0.15, -0.1) is 0 Å². The van der Waals surface area contributed by atoms with Crippen molar-refractivity contribution >= 4 is 28.1 Å². The quantitative estimate of drug-likeness (QED) is 0.537. The number of imidazole rings is 1. The van der Waals surface area contributed by atoms with Crippen molar-refractivity contribution < 1.29 is 9.21 Å². The van der Waals surface area contributed by atoms with Crippen LogP contribution in [0.2, 0.25) is 0 Å². The molecule has 0 saturated carbocycles. The highest BCUT2D eigenvalue weighted by molar-refractivity contribution is 5.83. The highest BCUT2D eigenvalue weighted by Gasteiger charge is 2.12. The molecule has 0 aliphatic rings. The second kappa shape index (κ2) is 5.48. The minimum atomic E-state index is 0.494. The van der Waals surface area contributed by atoms with Gasteiger partial charge in [0.05, 0.1) is 17.6 Å². The number of carbonyl (C=O) groups excluding carboxylic acids is 1. The Balaban J connectivity index is 1.82. The first-order valence-corrected chi connectivity index (χ1v) is 7.69. The number of benzene rings is 2. The van der Waals surface area contributed by atoms with E-state index < -0.39 is 0 Å². The molecule has 5 nitrogen and oxygen atoms in total. The van der Waals surface area contributed by atoms with E-state index in [9.17, 15) is 4.79 Å². The maximum atomic E-state index is 10.8. The molecule has 118 valence electrons. The Kier molecular flexibility index (Phi) is 3.29. The van der Waals surface area contributed by atoms with Crippen LogP contribution in [0.5, 0.6) is 0 Å². The smallest absolute Gasteiger partial charge is 0.227 e. The summed E-state index contributed by atoms with van der Waals surface area (Å²) in [4.78, 5) is 19.9. The van der Waals surface area contributed by atoms with Gasteiger partial charge in [0.25, 0.3) is 0 Å². The van der Waals surface area contributed by atoms with Crippen molar-refractivity contribution in [2.24, 2.45) is 0 Å². The molecule has 0 aliphatic heterocycles. The number of hydrogen-bond donors (Lipinski definition) is 0. The van der Waals surface area contributed by atoms with Gasteiger partial charge in [0.2, 0.25) is 5.89 Å². The predicted octanol–water partition coefficient (Wildman–Crippen LogP) is 3.93. The van der Waals surface area contributed by atoms with Crippen LogP contribution < -0.4 is 0 Å². The zero-order valence-electron chi connectivity index (χ0n) is 13.4. The van der Waals surface area contributed by atoms with E-state index in [2.05, 4.69) is 9.97 Å². The number of nitrogens with zero attached hydrogens (tertiary/aromatic N) is 3. The van der Waals surface area contributed by atoms with Gasteiger partial charge in [-0.05, 0) is 44.2 Å². The Hall–Kier alpha value is -3.17. The van der Waals surface area contributed by atoms with Gasteiger partial charge in [-0.2, -0.15) is 0 Å². The van der Waals surface area contributed by atoms with Gasteiger partial charge in [-0.3, -0.25) is 0 Å². The number of aryl methyl sites for hydroxylation is 1. The van der Waals surface area contributed by atoms with Crippen molar-refractivity contribution in [3.05, 3.63) is 53.9 Å². The maximum Gasteiger partial charge on any atom is 0.227 e. The van der Waals surface area contributed by atoms with Crippen LogP contribution in [0.15, 0.2) is 52.5 Å². The van der Waals surface area contributed by atoms with E-state index in [1.165, 1.54) is 0 Å². The summed E-state index contributed by atoms with van der Waals surface area (Å²) in [6.07, 6.45) is 0. The molecule has 0 bridgehead atoms. The molecular weight excluding hydrogens is 302 g/mol. The lowest BCUT2D eigenvalue weighted by molar-refractivity contribution is 0.565. The van der Waals surface area contributed by atoms with Crippen molar-refractivity contribution in [2.75, 3.05) is 0 Å². The molecule has 2 heterocycles. The first kappa shape index (κ1) is 14.4. The summed E-state index contributed by atoms with van der Waals surface area (Å²) in [7, 11) is 0. The molecule has 0 atom stereocenters. The zero-order valence-corrected chi connectivity index (χ0v) is 13.4. The van der Waals surface area contributed by atoms with Crippen LogP contribution in [0.1, 0.15) is 12.7 Å². The van der Waals surface area contributed by atoms with Crippen molar-refractivity contribution in [2.45, 2.75) is 20.4 Å². The second-order valence-electron chi connectivity index (χ2n) is 5.82. The Morgan fingerprint density at radius 3 is 2.79 bits per heavy atom. The molecule has 0 saturated heterocycles. The number of aromatic nitrogens is 3. The Labute approximate surface area is 138 Å². The number of para-hydroxylation sites is 2. The number of hydrogen-bond acceptors (Lipinski definition) is 4. The molecule has 2 aromatic carbocycles. The van der Waals surface area contributed by atoms with Crippen molar-refractivity contribution in [3.8, 4) is 11.5 Å². The minimum absolute atomic E-state index is 0.494. The first-order chi connectivity index (χ1) is 11.7. The number of rotatable bonds is 3. The summed E-state index contributed by atoms with van der Waals surface area (Å²) in [5.41, 5.74) is 4.95. The molecule has 2 aromatic heterocycles. The normalized spacial score (nSPS) is 11.1. The standard InChI is InChI=1S/C19H15N3O2/c1-12(11-23)10-22-13(2)20-16-9-14(7-8-17(16)22)19-21-15-5-3-4-6-18(15)24-19/h3-9H,10H2,1-2H3. The lowest BCUT2D eigenvalue weighted by atomic mass is 10.2. The third-order valence-corrected chi connectivity index (χ3v) is 4.05. The molecule has 24 heavy (non-hydrogen) atoms. The van der Waals surface area contributed by atoms with Gasteiger partial charge in [0, 0.05) is 11.1 Å². The van der Waals surface area contributed by atoms with Crippen molar-refractivity contribution in [3.63, 3.8) is 0 Å². The van der Waals surface area contributed by atoms with Crippen LogP contribution >= 0.6 is 0 Å². The molecule has 0 aliphatic carbocycles. The van der Waals surface area contributed by atoms with Crippen LogP contribution in [0.25, 0.3) is 33.6 Å². The van der Waals surface area contributed by atoms with Gasteiger partial charge < -0.3 is 8.98 Å². The lowest BCUT2D eigenvalue weighted by Gasteiger charge is -2.04. The van der Waals surface area contributed by atoms with Crippen molar-refractivity contribution in [1.82, 2.24) is 14.5 Å². The average Bonchev–Trinajstić information content (AvgIpc) is 3.15. The zero-order chi connectivity index (χ0) is 16.7. The third-order valence-electron chi connectivity index (χ3n) is 4.05. The van der Waals surface area contributed by atoms with Gasteiger partial charge in [0.1, 0.15) is 17.3 Å². The van der Waals surface area contributed by atoms with Crippen LogP contribution in [0, 0.1) is 6.92 Å². The van der Waals surface area contributed by atoms with E-state index in [1.807, 2.05) is 59.9 Å². The summed E-state index contributed by atoms with van der Waals surface area (Å²) < 4.78 is 7.83. The van der Waals surface area contributed by atoms with Gasteiger partial charge in [-0.1, -0.05) is 12.1 Å². The number of fused-ring (bicyclic) bond motifs is 2. The van der Waals surface area contributed by atoms with Gasteiger partial charge >= 0.3 is 0 Å². The second-order valence-corrected chi connectivity index (χ2v) is 5.82. The molecular formula is C19H15N3O2. The van der Waals surface area contributed by atoms with E-state index in [0.717, 1.165) is 33.5 Å². The van der Waals surface area contributed by atoms with Crippen LogP contribution in [0.3, 0.4) is 0 Å². The summed E-state index contributed by atoms with van der Waals surface area (Å²) in [5, 5.41) is 0. The molecule has 0 radical (unpaired) electrons. The fraction of sp³-hybridized carbons (Fsp3) is 0.158. The highest BCUT2D eigenvalue weighted by atomic mass is 16.3. The van der Waals surface area contributed by atoms with Gasteiger partial charge in [0.15, 0.2) is 5.58 Å². The Morgan fingerprint density at radius 1 is 1.17 bits per heavy atom. The molecule has 4 rings (SSSR count). The molecule has 0 fully saturated rings. The van der Waals surface area contributed by atoms with Crippen LogP contribution in [0.4, 0.5) is 0 Å². The Morgan fingerprint density at radius 2 is 2.00 bits per heavy atom. The predicted molar refractivity (Wildman–Crippen MR) is 92.4 cm³/mol. The largest absolute Gasteiger partial charge is 0.436 e. The summed E-state index contributed by atoms with van der Waals surface area (Å²) in [5.74, 6) is 3.37. The summed E-state index contributed by atoms with van der Waals surface area (Å²) >= 11 is 0. The third kappa shape index (κ3) is 2.32. The molecule has 0 N–H and O–H groups in total. The van der Waals surface area contributed by atoms with Crippen molar-refractivity contribution in [1.29, 1.82) is 0 Å². The Bertz CT molecular complexity index is 1080. The fourth-order valence-electron chi connectivity index (χ4n) is 2.85. The monoisotopic (exact) mass is 317 g/mol. The SMILES string of the molecule is CC(=C=O)Cn1c(C)nc2cc(-c3nc4ccccc4o3)ccc21. The maximum absolute atomic E-state index is 10.8. The lowest BCUT2D eigenvalue weighted by Crippen LogP contribution is -2.01. The molecule has 4 aromatic rings. The van der Waals surface area contributed by atoms with E-state index in [0.29, 0.717) is 18.0 Å². The van der Waals surface area contributed by atoms with E-state index in [1.54, 1.807) is 6.92 Å². The summed E-state index contributed by atoms with van der Waals surface area (Å²) in [6, 6.07) is 13.6. The highest BCUT2D eigenvalue weighted by Crippen LogP contribution is 2.27. The number of oxazole rings is 1. The topological polar surface area (TPSA) is 60.9 Å². The van der Waals surface area contributed by atoms with Gasteiger partial charge in [-0.25, -0.2) is 14.8 Å². The molecule has 5 heteroatoms. The van der Waals surface area contributed by atoms with E-state index in [-0.39, 0.29) is 0 Å². The summed E-state index contributed by atoms with van der Waals surface area (Å²) in [6.45, 7) is 4.19. The van der Waals surface area contributed by atoms with Crippen LogP contribution in [-0.4, -0.2) is 20.5 Å².